The Morgan fingerprint density at radius 1 is 1.30 bits per heavy atom. The van der Waals surface area contributed by atoms with Crippen molar-refractivity contribution in [3.05, 3.63) is 41.8 Å². The maximum atomic E-state index is 14.0. The van der Waals surface area contributed by atoms with Crippen molar-refractivity contribution in [2.24, 2.45) is 11.0 Å². The lowest BCUT2D eigenvalue weighted by Gasteiger charge is -2.27. The van der Waals surface area contributed by atoms with Gasteiger partial charge in [-0.25, -0.2) is 14.8 Å². The lowest BCUT2D eigenvalue weighted by Crippen LogP contribution is -2.37. The lowest BCUT2D eigenvalue weighted by molar-refractivity contribution is 0.122. The van der Waals surface area contributed by atoms with Gasteiger partial charge in [-0.05, 0) is 35.7 Å². The van der Waals surface area contributed by atoms with Gasteiger partial charge >= 0.3 is 0 Å². The first-order valence-electron chi connectivity index (χ1n) is 8.99. The lowest BCUT2D eigenvalue weighted by atomic mass is 10.2. The number of rotatable bonds is 7. The number of halogens is 1. The van der Waals surface area contributed by atoms with Gasteiger partial charge in [-0.1, -0.05) is 13.8 Å². The minimum absolute atomic E-state index is 0.242. The molecule has 0 spiro atoms. The van der Waals surface area contributed by atoms with Crippen LogP contribution in [0.1, 0.15) is 19.4 Å². The fourth-order valence-corrected chi connectivity index (χ4v) is 2.49. The molecule has 27 heavy (non-hydrogen) atoms. The molecule has 7 nitrogen and oxygen atoms in total. The number of anilines is 2. The van der Waals surface area contributed by atoms with Crippen LogP contribution in [0.4, 0.5) is 16.2 Å². The average molecular weight is 373 g/mol. The zero-order valence-corrected chi connectivity index (χ0v) is 15.6. The Balaban J connectivity index is 1.59. The first-order chi connectivity index (χ1) is 13.1. The molecule has 1 fully saturated rings. The Hall–Kier alpha value is -2.74. The fourth-order valence-electron chi connectivity index (χ4n) is 2.49. The maximum Gasteiger partial charge on any atom is 0.245 e. The van der Waals surface area contributed by atoms with E-state index < -0.39 is 5.82 Å². The van der Waals surface area contributed by atoms with E-state index in [9.17, 15) is 4.39 Å². The molecular weight excluding hydrogens is 349 g/mol. The van der Waals surface area contributed by atoms with Gasteiger partial charge in [0.1, 0.15) is 5.75 Å². The van der Waals surface area contributed by atoms with E-state index >= 15 is 0 Å². The molecule has 0 saturated carbocycles. The Labute approximate surface area is 158 Å². The van der Waals surface area contributed by atoms with Crippen LogP contribution in [0.2, 0.25) is 0 Å². The van der Waals surface area contributed by atoms with Crippen molar-refractivity contribution in [1.29, 1.82) is 0 Å². The highest BCUT2D eigenvalue weighted by Crippen LogP contribution is 2.18. The second-order valence-corrected chi connectivity index (χ2v) is 6.61. The van der Waals surface area contributed by atoms with Crippen molar-refractivity contribution in [3.63, 3.8) is 0 Å². The summed E-state index contributed by atoms with van der Waals surface area (Å²) < 4.78 is 24.9. The molecule has 2 heterocycles. The van der Waals surface area contributed by atoms with E-state index in [2.05, 4.69) is 34.3 Å². The molecule has 8 heteroatoms. The second kappa shape index (κ2) is 9.27. The summed E-state index contributed by atoms with van der Waals surface area (Å²) in [5.41, 5.74) is 3.64. The molecule has 0 aliphatic carbocycles. The summed E-state index contributed by atoms with van der Waals surface area (Å²) in [5.74, 6) is 1.35. The van der Waals surface area contributed by atoms with Gasteiger partial charge in [0.25, 0.3) is 0 Å². The van der Waals surface area contributed by atoms with Crippen LogP contribution >= 0.6 is 0 Å². The topological polar surface area (TPSA) is 71.9 Å². The van der Waals surface area contributed by atoms with Crippen LogP contribution in [0.15, 0.2) is 35.6 Å². The maximum absolute atomic E-state index is 14.0. The van der Waals surface area contributed by atoms with E-state index in [1.165, 1.54) is 0 Å². The summed E-state index contributed by atoms with van der Waals surface area (Å²) in [6.07, 6.45) is 2.80. The monoisotopic (exact) mass is 373 g/mol. The van der Waals surface area contributed by atoms with Gasteiger partial charge in [0.05, 0.1) is 32.2 Å². The standard InChI is InChI=1S/C19H24FN5O2/c1-14(2)13-27-16-5-3-15(4-6-16)11-22-24-19-21-12-17(20)18(23-19)25-7-9-26-10-8-25/h3-6,11-12,14H,7-10,13H2,1-2H3,(H,21,23,24)/b22-11+. The average Bonchev–Trinajstić information content (AvgIpc) is 2.69. The van der Waals surface area contributed by atoms with Crippen molar-refractivity contribution in [3.8, 4) is 5.75 Å². The fraction of sp³-hybridized carbons (Fsp3) is 0.421. The number of nitrogens with one attached hydrogen (secondary N) is 1. The van der Waals surface area contributed by atoms with Crippen LogP contribution in [0.3, 0.4) is 0 Å². The summed E-state index contributed by atoms with van der Waals surface area (Å²) in [4.78, 5) is 9.99. The van der Waals surface area contributed by atoms with E-state index in [0.29, 0.717) is 38.8 Å². The number of ether oxygens (including phenoxy) is 2. The number of hydrogen-bond acceptors (Lipinski definition) is 7. The molecule has 1 aromatic carbocycles. The normalized spacial score (nSPS) is 14.7. The van der Waals surface area contributed by atoms with E-state index in [4.69, 9.17) is 9.47 Å². The molecule has 1 N–H and O–H groups in total. The third-order valence-electron chi connectivity index (χ3n) is 3.88. The predicted octanol–water partition coefficient (Wildman–Crippen LogP) is 2.93. The molecule has 0 bridgehead atoms. The molecule has 1 aliphatic heterocycles. The molecule has 1 aliphatic rings. The van der Waals surface area contributed by atoms with Gasteiger partial charge in [-0.15, -0.1) is 0 Å². The zero-order valence-electron chi connectivity index (χ0n) is 15.6. The summed E-state index contributed by atoms with van der Waals surface area (Å²) in [5, 5.41) is 4.13. The first kappa shape index (κ1) is 19.0. The van der Waals surface area contributed by atoms with Crippen LogP contribution in [0.5, 0.6) is 5.75 Å². The largest absolute Gasteiger partial charge is 0.493 e. The molecule has 1 aromatic heterocycles. The van der Waals surface area contributed by atoms with Gasteiger partial charge in [-0.2, -0.15) is 10.1 Å². The van der Waals surface area contributed by atoms with E-state index in [-0.39, 0.29) is 11.8 Å². The van der Waals surface area contributed by atoms with Crippen LogP contribution in [-0.2, 0) is 4.74 Å². The Bertz CT molecular complexity index is 761. The van der Waals surface area contributed by atoms with E-state index in [0.717, 1.165) is 17.5 Å². The van der Waals surface area contributed by atoms with Crippen molar-refractivity contribution < 1.29 is 13.9 Å². The summed E-state index contributed by atoms with van der Waals surface area (Å²) >= 11 is 0. The number of morpholine rings is 1. The van der Waals surface area contributed by atoms with Gasteiger partial charge in [0.2, 0.25) is 5.95 Å². The van der Waals surface area contributed by atoms with Crippen molar-refractivity contribution in [1.82, 2.24) is 9.97 Å². The molecule has 0 unspecified atom stereocenters. The minimum Gasteiger partial charge on any atom is -0.493 e. The first-order valence-corrected chi connectivity index (χ1v) is 8.99. The van der Waals surface area contributed by atoms with Crippen molar-refractivity contribution >= 4 is 18.0 Å². The van der Waals surface area contributed by atoms with Gasteiger partial charge in [0.15, 0.2) is 11.6 Å². The van der Waals surface area contributed by atoms with Crippen LogP contribution in [0.25, 0.3) is 0 Å². The predicted molar refractivity (Wildman–Crippen MR) is 103 cm³/mol. The van der Waals surface area contributed by atoms with Crippen molar-refractivity contribution in [2.75, 3.05) is 43.2 Å². The van der Waals surface area contributed by atoms with E-state index in [1.54, 1.807) is 6.21 Å². The molecule has 3 rings (SSSR count). The highest BCUT2D eigenvalue weighted by Gasteiger charge is 2.17. The smallest absolute Gasteiger partial charge is 0.245 e. The number of hydrogen-bond donors (Lipinski definition) is 1. The third-order valence-corrected chi connectivity index (χ3v) is 3.88. The van der Waals surface area contributed by atoms with Gasteiger partial charge in [-0.3, -0.25) is 0 Å². The number of aromatic nitrogens is 2. The Morgan fingerprint density at radius 2 is 2.04 bits per heavy atom. The third kappa shape index (κ3) is 5.62. The molecule has 1 saturated heterocycles. The molecular formula is C19H24FN5O2. The van der Waals surface area contributed by atoms with Crippen LogP contribution < -0.4 is 15.1 Å². The highest BCUT2D eigenvalue weighted by atomic mass is 19.1. The van der Waals surface area contributed by atoms with Gasteiger partial charge in [0, 0.05) is 13.1 Å². The SMILES string of the molecule is CC(C)COc1ccc(/C=N/Nc2ncc(F)c(N3CCOCC3)n2)cc1. The summed E-state index contributed by atoms with van der Waals surface area (Å²) in [6, 6.07) is 7.61. The number of benzene rings is 1. The Kier molecular flexibility index (Phi) is 6.54. The van der Waals surface area contributed by atoms with Gasteiger partial charge < -0.3 is 14.4 Å². The second-order valence-electron chi connectivity index (χ2n) is 6.61. The molecule has 0 radical (unpaired) electrons. The number of nitrogens with zero attached hydrogens (tertiary/aromatic N) is 4. The Morgan fingerprint density at radius 3 is 2.74 bits per heavy atom. The zero-order chi connectivity index (χ0) is 19.1. The molecule has 0 atom stereocenters. The molecule has 0 amide bonds. The quantitative estimate of drug-likeness (QED) is 0.594. The molecule has 144 valence electrons. The summed E-state index contributed by atoms with van der Waals surface area (Å²) in [6.45, 7) is 7.21. The van der Waals surface area contributed by atoms with Crippen LogP contribution in [-0.4, -0.2) is 49.1 Å². The minimum atomic E-state index is -0.455. The highest BCUT2D eigenvalue weighted by molar-refractivity contribution is 5.80. The van der Waals surface area contributed by atoms with Crippen molar-refractivity contribution in [2.45, 2.75) is 13.8 Å². The molecule has 2 aromatic rings. The van der Waals surface area contributed by atoms with Crippen LogP contribution in [0, 0.1) is 11.7 Å². The summed E-state index contributed by atoms with van der Waals surface area (Å²) in [7, 11) is 0. The van der Waals surface area contributed by atoms with E-state index in [1.807, 2.05) is 29.2 Å². The number of hydrazone groups is 1.